The van der Waals surface area contributed by atoms with Gasteiger partial charge in [0.2, 0.25) is 5.89 Å². The third-order valence-corrected chi connectivity index (χ3v) is 2.60. The number of benzene rings is 1. The molecule has 1 N–H and O–H groups in total. The summed E-state index contributed by atoms with van der Waals surface area (Å²) in [6.45, 7) is 2.47. The minimum absolute atomic E-state index is 0.192. The number of rotatable bonds is 5. The van der Waals surface area contributed by atoms with Crippen molar-refractivity contribution < 1.29 is 17.6 Å². The van der Waals surface area contributed by atoms with E-state index in [1.165, 1.54) is 0 Å². The number of nitrogens with one attached hydrogen (secondary N) is 1. The Morgan fingerprint density at radius 3 is 2.42 bits per heavy atom. The van der Waals surface area contributed by atoms with Gasteiger partial charge in [-0.05, 0) is 17.7 Å². The van der Waals surface area contributed by atoms with Gasteiger partial charge in [0.25, 0.3) is 0 Å². The van der Waals surface area contributed by atoms with E-state index >= 15 is 0 Å². The molecule has 0 aliphatic heterocycles. The molecule has 19 heavy (non-hydrogen) atoms. The highest BCUT2D eigenvalue weighted by atomic mass is 19.2. The van der Waals surface area contributed by atoms with Crippen LogP contribution in [-0.4, -0.2) is 4.98 Å². The number of hydrogen-bond acceptors (Lipinski definition) is 3. The highest BCUT2D eigenvalue weighted by Gasteiger charge is 2.10. The molecule has 0 saturated heterocycles. The van der Waals surface area contributed by atoms with Crippen LogP contribution in [0.5, 0.6) is 0 Å². The smallest absolute Gasteiger partial charge is 0.208 e. The Morgan fingerprint density at radius 2 is 1.84 bits per heavy atom. The third kappa shape index (κ3) is 3.35. The molecule has 0 radical (unpaired) electrons. The minimum atomic E-state index is -1.45. The van der Waals surface area contributed by atoms with Gasteiger partial charge >= 0.3 is 0 Å². The van der Waals surface area contributed by atoms with Gasteiger partial charge in [-0.25, -0.2) is 18.2 Å². The van der Waals surface area contributed by atoms with E-state index in [9.17, 15) is 13.2 Å². The topological polar surface area (TPSA) is 38.1 Å². The summed E-state index contributed by atoms with van der Waals surface area (Å²) in [6.07, 6.45) is 2.38. The fraction of sp³-hybridized carbons (Fsp3) is 0.308. The number of oxazole rings is 1. The van der Waals surface area contributed by atoms with Crippen molar-refractivity contribution in [1.82, 2.24) is 10.3 Å². The second-order valence-electron chi connectivity index (χ2n) is 4.05. The van der Waals surface area contributed by atoms with Crippen LogP contribution in [0.1, 0.15) is 24.1 Å². The van der Waals surface area contributed by atoms with E-state index in [1.54, 1.807) is 6.20 Å². The molecule has 0 atom stereocenters. The SMILES string of the molecule is CCc1cnc(CNCc2cc(F)c(F)c(F)c2)o1. The summed E-state index contributed by atoms with van der Waals surface area (Å²) in [6, 6.07) is 1.91. The quantitative estimate of drug-likeness (QED) is 0.849. The van der Waals surface area contributed by atoms with Gasteiger partial charge in [0.1, 0.15) is 5.76 Å². The zero-order valence-corrected chi connectivity index (χ0v) is 10.3. The first kappa shape index (κ1) is 13.6. The number of aryl methyl sites for hydroxylation is 1. The molecule has 0 aliphatic carbocycles. The normalized spacial score (nSPS) is 10.9. The standard InChI is InChI=1S/C13H13F3N2O/c1-2-9-6-18-12(19-9)7-17-5-8-3-10(14)13(16)11(15)4-8/h3-4,6,17H,2,5,7H2,1H3. The lowest BCUT2D eigenvalue weighted by atomic mass is 10.2. The van der Waals surface area contributed by atoms with Gasteiger partial charge in [0.05, 0.1) is 12.7 Å². The maximum atomic E-state index is 13.0. The van der Waals surface area contributed by atoms with Crippen molar-refractivity contribution in [3.63, 3.8) is 0 Å². The van der Waals surface area contributed by atoms with E-state index < -0.39 is 17.5 Å². The summed E-state index contributed by atoms with van der Waals surface area (Å²) < 4.78 is 44.0. The van der Waals surface area contributed by atoms with Crippen LogP contribution in [-0.2, 0) is 19.5 Å². The first-order valence-electron chi connectivity index (χ1n) is 5.88. The molecule has 0 unspecified atom stereocenters. The van der Waals surface area contributed by atoms with Crippen molar-refractivity contribution in [3.05, 3.63) is 53.0 Å². The fourth-order valence-corrected chi connectivity index (χ4v) is 1.62. The van der Waals surface area contributed by atoms with Crippen molar-refractivity contribution in [2.24, 2.45) is 0 Å². The van der Waals surface area contributed by atoms with E-state index in [-0.39, 0.29) is 6.54 Å². The third-order valence-electron chi connectivity index (χ3n) is 2.60. The summed E-state index contributed by atoms with van der Waals surface area (Å²) in [5.41, 5.74) is 0.318. The van der Waals surface area contributed by atoms with E-state index in [0.717, 1.165) is 24.3 Å². The molecule has 0 bridgehead atoms. The van der Waals surface area contributed by atoms with Crippen LogP contribution < -0.4 is 5.32 Å². The monoisotopic (exact) mass is 270 g/mol. The first-order chi connectivity index (χ1) is 9.10. The van der Waals surface area contributed by atoms with Crippen LogP contribution in [0.3, 0.4) is 0 Å². The Balaban J connectivity index is 1.92. The predicted molar refractivity (Wildman–Crippen MR) is 62.7 cm³/mol. The lowest BCUT2D eigenvalue weighted by molar-refractivity contribution is 0.434. The van der Waals surface area contributed by atoms with E-state index in [1.807, 2.05) is 6.92 Å². The Kier molecular flexibility index (Phi) is 4.21. The summed E-state index contributed by atoms with van der Waals surface area (Å²) in [4.78, 5) is 4.03. The number of halogens is 3. The maximum absolute atomic E-state index is 13.0. The molecule has 0 amide bonds. The summed E-state index contributed by atoms with van der Waals surface area (Å²) in [7, 11) is 0. The largest absolute Gasteiger partial charge is 0.444 e. The highest BCUT2D eigenvalue weighted by Crippen LogP contribution is 2.13. The lowest BCUT2D eigenvalue weighted by Gasteiger charge is -2.04. The highest BCUT2D eigenvalue weighted by molar-refractivity contribution is 5.19. The van der Waals surface area contributed by atoms with Crippen molar-refractivity contribution in [2.75, 3.05) is 0 Å². The molecule has 3 nitrogen and oxygen atoms in total. The van der Waals surface area contributed by atoms with Gasteiger partial charge in [0.15, 0.2) is 17.5 Å². The Morgan fingerprint density at radius 1 is 1.16 bits per heavy atom. The molecular weight excluding hydrogens is 257 g/mol. The molecule has 2 rings (SSSR count). The van der Waals surface area contributed by atoms with Crippen molar-refractivity contribution in [2.45, 2.75) is 26.4 Å². The lowest BCUT2D eigenvalue weighted by Crippen LogP contribution is -2.13. The van der Waals surface area contributed by atoms with Crippen LogP contribution in [0, 0.1) is 17.5 Å². The van der Waals surface area contributed by atoms with Gasteiger partial charge in [0, 0.05) is 13.0 Å². The summed E-state index contributed by atoms with van der Waals surface area (Å²) in [5, 5.41) is 2.92. The molecule has 1 aromatic carbocycles. The van der Waals surface area contributed by atoms with E-state index in [4.69, 9.17) is 4.42 Å². The summed E-state index contributed by atoms with van der Waals surface area (Å²) in [5.74, 6) is -2.57. The van der Waals surface area contributed by atoms with Crippen LogP contribution >= 0.6 is 0 Å². The molecule has 0 aliphatic rings. The van der Waals surface area contributed by atoms with Crippen LogP contribution in [0.15, 0.2) is 22.7 Å². The zero-order valence-electron chi connectivity index (χ0n) is 10.3. The minimum Gasteiger partial charge on any atom is -0.444 e. The van der Waals surface area contributed by atoms with Gasteiger partial charge in [-0.3, -0.25) is 0 Å². The fourth-order valence-electron chi connectivity index (χ4n) is 1.62. The van der Waals surface area contributed by atoms with Gasteiger partial charge in [-0.2, -0.15) is 0 Å². The Hall–Kier alpha value is -1.82. The molecule has 6 heteroatoms. The second-order valence-corrected chi connectivity index (χ2v) is 4.05. The maximum Gasteiger partial charge on any atom is 0.208 e. The van der Waals surface area contributed by atoms with Gasteiger partial charge < -0.3 is 9.73 Å². The first-order valence-corrected chi connectivity index (χ1v) is 5.88. The van der Waals surface area contributed by atoms with Crippen LogP contribution in [0.2, 0.25) is 0 Å². The predicted octanol–water partition coefficient (Wildman–Crippen LogP) is 2.94. The van der Waals surface area contributed by atoms with E-state index in [0.29, 0.717) is 18.0 Å². The summed E-state index contributed by atoms with van der Waals surface area (Å²) >= 11 is 0. The van der Waals surface area contributed by atoms with Crippen LogP contribution in [0.4, 0.5) is 13.2 Å². The molecule has 0 spiro atoms. The average molecular weight is 270 g/mol. The van der Waals surface area contributed by atoms with Gasteiger partial charge in [-0.1, -0.05) is 6.92 Å². The molecule has 1 heterocycles. The van der Waals surface area contributed by atoms with Crippen molar-refractivity contribution in [3.8, 4) is 0 Å². The second kappa shape index (κ2) is 5.88. The molecule has 1 aromatic heterocycles. The molecule has 102 valence electrons. The molecule has 0 fully saturated rings. The molecule has 0 saturated carbocycles. The Bertz CT molecular complexity index is 546. The number of aromatic nitrogens is 1. The zero-order chi connectivity index (χ0) is 13.8. The Labute approximate surface area is 108 Å². The van der Waals surface area contributed by atoms with Gasteiger partial charge in [-0.15, -0.1) is 0 Å². The number of hydrogen-bond donors (Lipinski definition) is 1. The number of nitrogens with zero attached hydrogens (tertiary/aromatic N) is 1. The molecular formula is C13H13F3N2O. The van der Waals surface area contributed by atoms with E-state index in [2.05, 4.69) is 10.3 Å². The van der Waals surface area contributed by atoms with Crippen molar-refractivity contribution in [1.29, 1.82) is 0 Å². The van der Waals surface area contributed by atoms with Crippen molar-refractivity contribution >= 4 is 0 Å². The molecule has 2 aromatic rings. The van der Waals surface area contributed by atoms with Crippen LogP contribution in [0.25, 0.3) is 0 Å². The average Bonchev–Trinajstić information content (AvgIpc) is 2.84.